The molecule has 5 nitrogen and oxygen atoms in total. The summed E-state index contributed by atoms with van der Waals surface area (Å²) in [5.41, 5.74) is 4.46. The zero-order chi connectivity index (χ0) is 12.2. The van der Waals surface area contributed by atoms with Gasteiger partial charge in [-0.05, 0) is 19.8 Å². The molecule has 4 N–H and O–H groups in total. The third kappa shape index (κ3) is 4.78. The zero-order valence-corrected chi connectivity index (χ0v) is 9.70. The van der Waals surface area contributed by atoms with E-state index in [4.69, 9.17) is 10.8 Å². The number of carboxylic acids is 1. The minimum atomic E-state index is -1.24. The van der Waals surface area contributed by atoms with Crippen LogP contribution in [0.25, 0.3) is 0 Å². The van der Waals surface area contributed by atoms with Crippen molar-refractivity contribution in [2.75, 3.05) is 0 Å². The standard InChI is InChI=1S/C10H20N2O3/c1-6(2)7(11)5-8(13)12-10(3,4)9(14)15/h6-7H,5,11H2,1-4H3,(H,12,13)(H,14,15). The molecule has 1 unspecified atom stereocenters. The molecule has 0 aromatic rings. The number of hydrogen-bond acceptors (Lipinski definition) is 3. The molecule has 1 atom stereocenters. The van der Waals surface area contributed by atoms with Crippen molar-refractivity contribution in [3.05, 3.63) is 0 Å². The summed E-state index contributed by atoms with van der Waals surface area (Å²) in [6.07, 6.45) is 0.147. The van der Waals surface area contributed by atoms with Crippen LogP contribution >= 0.6 is 0 Å². The van der Waals surface area contributed by atoms with Gasteiger partial charge in [-0.2, -0.15) is 0 Å². The molecule has 0 fully saturated rings. The molecule has 0 aromatic carbocycles. The number of amides is 1. The van der Waals surface area contributed by atoms with Crippen LogP contribution in [0, 0.1) is 5.92 Å². The van der Waals surface area contributed by atoms with Crippen molar-refractivity contribution in [3.63, 3.8) is 0 Å². The van der Waals surface area contributed by atoms with Crippen molar-refractivity contribution in [2.45, 2.75) is 45.7 Å². The lowest BCUT2D eigenvalue weighted by Gasteiger charge is -2.23. The van der Waals surface area contributed by atoms with Gasteiger partial charge in [-0.3, -0.25) is 4.79 Å². The van der Waals surface area contributed by atoms with E-state index in [1.807, 2.05) is 13.8 Å². The highest BCUT2D eigenvalue weighted by molar-refractivity contribution is 5.86. The van der Waals surface area contributed by atoms with Gasteiger partial charge >= 0.3 is 5.97 Å². The van der Waals surface area contributed by atoms with Gasteiger partial charge in [0.2, 0.25) is 5.91 Å². The van der Waals surface area contributed by atoms with E-state index in [0.717, 1.165) is 0 Å². The lowest BCUT2D eigenvalue weighted by Crippen LogP contribution is -2.51. The van der Waals surface area contributed by atoms with Crippen LogP contribution in [0.4, 0.5) is 0 Å². The van der Waals surface area contributed by atoms with Crippen molar-refractivity contribution in [1.29, 1.82) is 0 Å². The Morgan fingerprint density at radius 2 is 1.87 bits per heavy atom. The van der Waals surface area contributed by atoms with Gasteiger partial charge in [0, 0.05) is 12.5 Å². The predicted molar refractivity (Wildman–Crippen MR) is 57.3 cm³/mol. The molecule has 0 radical (unpaired) electrons. The number of carboxylic acid groups (broad SMARTS) is 1. The van der Waals surface area contributed by atoms with Gasteiger partial charge in [0.15, 0.2) is 0 Å². The van der Waals surface area contributed by atoms with E-state index in [1.165, 1.54) is 13.8 Å². The monoisotopic (exact) mass is 216 g/mol. The number of carbonyl (C=O) groups is 2. The van der Waals surface area contributed by atoms with Gasteiger partial charge in [0.05, 0.1) is 0 Å². The summed E-state index contributed by atoms with van der Waals surface area (Å²) in [4.78, 5) is 22.2. The smallest absolute Gasteiger partial charge is 0.328 e. The maximum absolute atomic E-state index is 11.4. The van der Waals surface area contributed by atoms with Crippen molar-refractivity contribution >= 4 is 11.9 Å². The highest BCUT2D eigenvalue weighted by Crippen LogP contribution is 2.06. The number of hydrogen-bond donors (Lipinski definition) is 3. The van der Waals surface area contributed by atoms with Crippen LogP contribution in [-0.4, -0.2) is 28.6 Å². The van der Waals surface area contributed by atoms with E-state index in [9.17, 15) is 9.59 Å². The zero-order valence-electron chi connectivity index (χ0n) is 9.70. The maximum Gasteiger partial charge on any atom is 0.328 e. The number of carbonyl (C=O) groups excluding carboxylic acids is 1. The molecule has 0 spiro atoms. The van der Waals surface area contributed by atoms with Crippen LogP contribution in [0.3, 0.4) is 0 Å². The van der Waals surface area contributed by atoms with E-state index < -0.39 is 11.5 Å². The molecule has 0 aliphatic carbocycles. The molecule has 0 aliphatic heterocycles. The molecule has 1 amide bonds. The number of nitrogens with two attached hydrogens (primary N) is 1. The fraction of sp³-hybridized carbons (Fsp3) is 0.800. The fourth-order valence-corrected chi connectivity index (χ4v) is 0.903. The predicted octanol–water partition coefficient (Wildman–Crippen LogP) is 0.339. The largest absolute Gasteiger partial charge is 0.480 e. The Kier molecular flexibility index (Phi) is 4.74. The molecule has 0 heterocycles. The lowest BCUT2D eigenvalue weighted by atomic mass is 10.0. The van der Waals surface area contributed by atoms with Gasteiger partial charge in [0.1, 0.15) is 5.54 Å². The minimum Gasteiger partial charge on any atom is -0.480 e. The molecule has 5 heteroatoms. The van der Waals surface area contributed by atoms with Crippen LogP contribution in [0.2, 0.25) is 0 Å². The fourth-order valence-electron chi connectivity index (χ4n) is 0.903. The van der Waals surface area contributed by atoms with Crippen molar-refractivity contribution < 1.29 is 14.7 Å². The molecule has 88 valence electrons. The normalized spacial score (nSPS) is 13.7. The van der Waals surface area contributed by atoms with Crippen LogP contribution < -0.4 is 11.1 Å². The van der Waals surface area contributed by atoms with Crippen LogP contribution in [0.5, 0.6) is 0 Å². The second-order valence-corrected chi connectivity index (χ2v) is 4.59. The van der Waals surface area contributed by atoms with E-state index in [1.54, 1.807) is 0 Å². The first-order chi connectivity index (χ1) is 6.66. The van der Waals surface area contributed by atoms with Crippen molar-refractivity contribution in [2.24, 2.45) is 11.7 Å². The summed E-state index contributed by atoms with van der Waals surface area (Å²) in [7, 11) is 0. The summed E-state index contributed by atoms with van der Waals surface area (Å²) >= 11 is 0. The summed E-state index contributed by atoms with van der Waals surface area (Å²) in [5, 5.41) is 11.2. The van der Waals surface area contributed by atoms with Gasteiger partial charge in [-0.1, -0.05) is 13.8 Å². The first kappa shape index (κ1) is 13.9. The molecular weight excluding hydrogens is 196 g/mol. The minimum absolute atomic E-state index is 0.147. The number of aliphatic carboxylic acids is 1. The molecule has 0 rings (SSSR count). The van der Waals surface area contributed by atoms with Crippen LogP contribution in [0.15, 0.2) is 0 Å². The molecular formula is C10H20N2O3. The van der Waals surface area contributed by atoms with E-state index in [-0.39, 0.29) is 24.3 Å². The quantitative estimate of drug-likeness (QED) is 0.618. The van der Waals surface area contributed by atoms with E-state index >= 15 is 0 Å². The lowest BCUT2D eigenvalue weighted by molar-refractivity contribution is -0.146. The second kappa shape index (κ2) is 5.11. The molecule has 0 bridgehead atoms. The summed E-state index contributed by atoms with van der Waals surface area (Å²) in [6.45, 7) is 6.71. The highest BCUT2D eigenvalue weighted by atomic mass is 16.4. The SMILES string of the molecule is CC(C)C(N)CC(=O)NC(C)(C)C(=O)O. The Hall–Kier alpha value is -1.10. The van der Waals surface area contributed by atoms with Crippen LogP contribution in [0.1, 0.15) is 34.1 Å². The Morgan fingerprint density at radius 1 is 1.40 bits per heavy atom. The average Bonchev–Trinajstić information content (AvgIpc) is 2.01. The van der Waals surface area contributed by atoms with Gasteiger partial charge in [-0.15, -0.1) is 0 Å². The van der Waals surface area contributed by atoms with Crippen LogP contribution in [-0.2, 0) is 9.59 Å². The summed E-state index contributed by atoms with van der Waals surface area (Å²) in [5.74, 6) is -1.19. The van der Waals surface area contributed by atoms with E-state index in [2.05, 4.69) is 5.32 Å². The first-order valence-electron chi connectivity index (χ1n) is 4.97. The summed E-state index contributed by atoms with van der Waals surface area (Å²) in [6, 6.07) is -0.241. The first-order valence-corrected chi connectivity index (χ1v) is 4.97. The van der Waals surface area contributed by atoms with Crippen molar-refractivity contribution in [1.82, 2.24) is 5.32 Å². The average molecular weight is 216 g/mol. The Bertz CT molecular complexity index is 249. The van der Waals surface area contributed by atoms with Gasteiger partial charge in [-0.25, -0.2) is 4.79 Å². The Balaban J connectivity index is 4.21. The molecule has 0 saturated carbocycles. The highest BCUT2D eigenvalue weighted by Gasteiger charge is 2.29. The second-order valence-electron chi connectivity index (χ2n) is 4.59. The summed E-state index contributed by atoms with van der Waals surface area (Å²) < 4.78 is 0. The molecule has 15 heavy (non-hydrogen) atoms. The Labute approximate surface area is 90.0 Å². The third-order valence-corrected chi connectivity index (χ3v) is 2.26. The maximum atomic E-state index is 11.4. The molecule has 0 aromatic heterocycles. The van der Waals surface area contributed by atoms with Crippen molar-refractivity contribution in [3.8, 4) is 0 Å². The topological polar surface area (TPSA) is 92.4 Å². The molecule has 0 aliphatic rings. The molecule has 0 saturated heterocycles. The van der Waals surface area contributed by atoms with E-state index in [0.29, 0.717) is 0 Å². The third-order valence-electron chi connectivity index (χ3n) is 2.26. The number of rotatable bonds is 5. The van der Waals surface area contributed by atoms with Gasteiger partial charge < -0.3 is 16.2 Å². The Morgan fingerprint density at radius 3 is 2.20 bits per heavy atom. The number of nitrogens with one attached hydrogen (secondary N) is 1. The van der Waals surface area contributed by atoms with Gasteiger partial charge in [0.25, 0.3) is 0 Å².